The first-order valence-electron chi connectivity index (χ1n) is 11.9. The molecule has 5 rings (SSSR count). The number of benzene rings is 4. The molecule has 3 atom stereocenters. The first kappa shape index (κ1) is 25.7. The molecule has 2 N–H and O–H groups in total. The molecule has 0 aliphatic carbocycles. The number of carboxylic acids is 1. The van der Waals surface area contributed by atoms with Crippen molar-refractivity contribution in [1.29, 1.82) is 0 Å². The zero-order valence-electron chi connectivity index (χ0n) is 20.2. The van der Waals surface area contributed by atoms with Crippen LogP contribution >= 0.6 is 12.4 Å². The Hall–Kier alpha value is -3.41. The van der Waals surface area contributed by atoms with Crippen LogP contribution in [0.2, 0.25) is 0 Å². The highest BCUT2D eigenvalue weighted by Gasteiger charge is 2.30. The fraction of sp³-hybridized carbons (Fsp3) is 0.233. The number of rotatable bonds is 6. The molecule has 0 saturated carbocycles. The minimum Gasteiger partial charge on any atom is -0.489 e. The summed E-state index contributed by atoms with van der Waals surface area (Å²) < 4.78 is 20.6. The molecule has 36 heavy (non-hydrogen) atoms. The van der Waals surface area contributed by atoms with Crippen LogP contribution < -0.4 is 10.1 Å². The summed E-state index contributed by atoms with van der Waals surface area (Å²) in [5.41, 5.74) is 4.17. The molecular formula is C30H29ClFNO3. The van der Waals surface area contributed by atoms with Crippen molar-refractivity contribution in [2.75, 3.05) is 6.54 Å². The fourth-order valence-corrected chi connectivity index (χ4v) is 5.10. The molecule has 1 heterocycles. The van der Waals surface area contributed by atoms with Gasteiger partial charge in [-0.1, -0.05) is 60.7 Å². The van der Waals surface area contributed by atoms with Crippen molar-refractivity contribution in [3.63, 3.8) is 0 Å². The van der Waals surface area contributed by atoms with E-state index in [1.165, 1.54) is 6.07 Å². The van der Waals surface area contributed by atoms with Gasteiger partial charge in [-0.2, -0.15) is 0 Å². The lowest BCUT2D eigenvalue weighted by Crippen LogP contribution is -2.37. The second-order valence-corrected chi connectivity index (χ2v) is 9.26. The maximum Gasteiger partial charge on any atom is 0.335 e. The number of hydrogen-bond acceptors (Lipinski definition) is 3. The van der Waals surface area contributed by atoms with E-state index in [1.807, 2.05) is 61.5 Å². The maximum absolute atomic E-state index is 14.3. The Bertz CT molecular complexity index is 1410. The van der Waals surface area contributed by atoms with E-state index in [4.69, 9.17) is 4.74 Å². The third kappa shape index (κ3) is 4.95. The van der Waals surface area contributed by atoms with Crippen molar-refractivity contribution in [3.05, 3.63) is 112 Å². The number of carbonyl (C=O) groups is 1. The number of nitrogens with one attached hydrogen (secondary N) is 1. The second-order valence-electron chi connectivity index (χ2n) is 9.26. The molecule has 0 fully saturated rings. The smallest absolute Gasteiger partial charge is 0.335 e. The van der Waals surface area contributed by atoms with E-state index in [9.17, 15) is 14.3 Å². The Balaban J connectivity index is 0.00000304. The molecule has 6 heteroatoms. The Kier molecular flexibility index (Phi) is 7.62. The highest BCUT2D eigenvalue weighted by Crippen LogP contribution is 2.41. The standard InChI is InChI=1S/C30H28FNO3.ClH/c1-18-11-12-20(15-26(18)30(33)34)27-16-21(35-29-10-6-5-9-25(27)29)17-32-19(2)22-13-14-28(31)24-8-4-3-7-23(22)24;/h3-15,19,21,27,32H,16-17H2,1-2H3,(H,33,34);1H/t19-,21-,27-;/m1./s1. The van der Waals surface area contributed by atoms with Crippen molar-refractivity contribution in [1.82, 2.24) is 5.32 Å². The van der Waals surface area contributed by atoms with Crippen LogP contribution in [-0.4, -0.2) is 23.7 Å². The lowest BCUT2D eigenvalue weighted by atomic mass is 9.83. The second kappa shape index (κ2) is 10.7. The average Bonchev–Trinajstić information content (AvgIpc) is 2.87. The summed E-state index contributed by atoms with van der Waals surface area (Å²) in [4.78, 5) is 11.7. The van der Waals surface area contributed by atoms with Crippen LogP contribution in [0.3, 0.4) is 0 Å². The third-order valence-electron chi connectivity index (χ3n) is 7.00. The number of carboxylic acid groups (broad SMARTS) is 1. The van der Waals surface area contributed by atoms with Gasteiger partial charge < -0.3 is 15.2 Å². The van der Waals surface area contributed by atoms with Crippen molar-refractivity contribution < 1.29 is 19.0 Å². The number of hydrogen-bond donors (Lipinski definition) is 2. The summed E-state index contributed by atoms with van der Waals surface area (Å²) in [6.07, 6.45) is 0.627. The largest absolute Gasteiger partial charge is 0.489 e. The number of aromatic carboxylic acids is 1. The number of fused-ring (bicyclic) bond motifs is 2. The molecule has 1 aliphatic heterocycles. The summed E-state index contributed by atoms with van der Waals surface area (Å²) in [7, 11) is 0. The van der Waals surface area contributed by atoms with E-state index in [1.54, 1.807) is 12.1 Å². The van der Waals surface area contributed by atoms with Crippen LogP contribution in [0.4, 0.5) is 4.39 Å². The number of para-hydroxylation sites is 1. The van der Waals surface area contributed by atoms with Crippen LogP contribution in [-0.2, 0) is 0 Å². The van der Waals surface area contributed by atoms with Crippen LogP contribution in [0.5, 0.6) is 5.75 Å². The van der Waals surface area contributed by atoms with Crippen LogP contribution in [0.25, 0.3) is 10.8 Å². The van der Waals surface area contributed by atoms with E-state index in [-0.39, 0.29) is 36.3 Å². The van der Waals surface area contributed by atoms with E-state index in [0.29, 0.717) is 17.5 Å². The first-order chi connectivity index (χ1) is 16.9. The normalized spacial score (nSPS) is 17.5. The molecule has 0 aromatic heterocycles. The van der Waals surface area contributed by atoms with Crippen molar-refractivity contribution >= 4 is 29.1 Å². The topological polar surface area (TPSA) is 58.6 Å². The van der Waals surface area contributed by atoms with Crippen LogP contribution in [0.1, 0.15) is 57.9 Å². The summed E-state index contributed by atoms with van der Waals surface area (Å²) in [6.45, 7) is 4.50. The molecule has 0 radical (unpaired) electrons. The van der Waals surface area contributed by atoms with Crippen molar-refractivity contribution in [2.45, 2.75) is 38.3 Å². The van der Waals surface area contributed by atoms with Gasteiger partial charge in [0.05, 0.1) is 5.56 Å². The zero-order valence-corrected chi connectivity index (χ0v) is 21.0. The first-order valence-corrected chi connectivity index (χ1v) is 11.9. The molecule has 0 saturated heterocycles. The van der Waals surface area contributed by atoms with Gasteiger partial charge in [0, 0.05) is 29.5 Å². The Labute approximate surface area is 216 Å². The number of halogens is 2. The Morgan fingerprint density at radius 1 is 1.06 bits per heavy atom. The lowest BCUT2D eigenvalue weighted by molar-refractivity contribution is 0.0696. The van der Waals surface area contributed by atoms with Gasteiger partial charge in [0.15, 0.2) is 0 Å². The zero-order chi connectivity index (χ0) is 24.5. The van der Waals surface area contributed by atoms with Gasteiger partial charge >= 0.3 is 5.97 Å². The average molecular weight is 506 g/mol. The monoisotopic (exact) mass is 505 g/mol. The quantitative estimate of drug-likeness (QED) is 0.295. The highest BCUT2D eigenvalue weighted by molar-refractivity contribution is 5.89. The van der Waals surface area contributed by atoms with Gasteiger partial charge in [0.1, 0.15) is 17.7 Å². The number of ether oxygens (including phenoxy) is 1. The summed E-state index contributed by atoms with van der Waals surface area (Å²) in [6, 6.07) is 24.6. The number of aryl methyl sites for hydroxylation is 1. The molecule has 4 aromatic rings. The highest BCUT2D eigenvalue weighted by atomic mass is 35.5. The van der Waals surface area contributed by atoms with Crippen molar-refractivity contribution in [3.8, 4) is 5.75 Å². The maximum atomic E-state index is 14.3. The van der Waals surface area contributed by atoms with E-state index in [0.717, 1.165) is 39.8 Å². The molecule has 0 amide bonds. The van der Waals surface area contributed by atoms with Gasteiger partial charge in [-0.15, -0.1) is 12.4 Å². The molecule has 0 bridgehead atoms. The van der Waals surface area contributed by atoms with Gasteiger partial charge in [-0.25, -0.2) is 9.18 Å². The molecule has 0 unspecified atom stereocenters. The van der Waals surface area contributed by atoms with Crippen LogP contribution in [0.15, 0.2) is 78.9 Å². The Morgan fingerprint density at radius 2 is 1.78 bits per heavy atom. The molecular weight excluding hydrogens is 477 g/mol. The van der Waals surface area contributed by atoms with Gasteiger partial charge in [-0.05, 0) is 60.5 Å². The Morgan fingerprint density at radius 3 is 2.56 bits per heavy atom. The molecule has 186 valence electrons. The predicted molar refractivity (Wildman–Crippen MR) is 143 cm³/mol. The fourth-order valence-electron chi connectivity index (χ4n) is 5.10. The third-order valence-corrected chi connectivity index (χ3v) is 7.00. The SMILES string of the molecule is Cc1ccc([C@H]2C[C@H](CN[C@H](C)c3ccc(F)c4ccccc34)Oc3ccccc32)cc1C(=O)O.Cl. The summed E-state index contributed by atoms with van der Waals surface area (Å²) in [5, 5.41) is 14.7. The minimum atomic E-state index is -0.914. The molecule has 4 nitrogen and oxygen atoms in total. The van der Waals surface area contributed by atoms with Gasteiger partial charge in [0.25, 0.3) is 0 Å². The lowest BCUT2D eigenvalue weighted by Gasteiger charge is -2.33. The van der Waals surface area contributed by atoms with Crippen LogP contribution in [0, 0.1) is 12.7 Å². The predicted octanol–water partition coefficient (Wildman–Crippen LogP) is 7.04. The van der Waals surface area contributed by atoms with Gasteiger partial charge in [-0.3, -0.25) is 0 Å². The van der Waals surface area contributed by atoms with Gasteiger partial charge in [0.2, 0.25) is 0 Å². The summed E-state index contributed by atoms with van der Waals surface area (Å²) >= 11 is 0. The van der Waals surface area contributed by atoms with Crippen molar-refractivity contribution in [2.24, 2.45) is 0 Å². The molecule has 0 spiro atoms. The summed E-state index contributed by atoms with van der Waals surface area (Å²) in [5.74, 6) is -0.269. The molecule has 1 aliphatic rings. The van der Waals surface area contributed by atoms with E-state index in [2.05, 4.69) is 18.3 Å². The van der Waals surface area contributed by atoms with E-state index < -0.39 is 5.97 Å². The van der Waals surface area contributed by atoms with E-state index >= 15 is 0 Å². The minimum absolute atomic E-state index is 0. The molecule has 4 aromatic carbocycles.